The van der Waals surface area contributed by atoms with Crippen LogP contribution in [-0.2, 0) is 0 Å². The average Bonchev–Trinajstić information content (AvgIpc) is 2.63. The molecular formula is C21H37IN4. The minimum absolute atomic E-state index is 0. The van der Waals surface area contributed by atoms with Crippen molar-refractivity contribution in [3.63, 3.8) is 0 Å². The van der Waals surface area contributed by atoms with Gasteiger partial charge in [-0.2, -0.15) is 0 Å². The zero-order valence-electron chi connectivity index (χ0n) is 16.9. The molecule has 1 aliphatic heterocycles. The highest BCUT2D eigenvalue weighted by molar-refractivity contribution is 14.0. The van der Waals surface area contributed by atoms with Gasteiger partial charge in [0.05, 0.1) is 0 Å². The molecule has 0 amide bonds. The smallest absolute Gasteiger partial charge is 0.191 e. The number of hydrogen-bond acceptors (Lipinski definition) is 2. The molecule has 0 bridgehead atoms. The van der Waals surface area contributed by atoms with E-state index in [1.165, 1.54) is 44.5 Å². The van der Waals surface area contributed by atoms with Crippen molar-refractivity contribution in [1.29, 1.82) is 0 Å². The molecule has 1 unspecified atom stereocenters. The van der Waals surface area contributed by atoms with E-state index in [4.69, 9.17) is 0 Å². The predicted molar refractivity (Wildman–Crippen MR) is 124 cm³/mol. The van der Waals surface area contributed by atoms with Gasteiger partial charge < -0.3 is 15.5 Å². The third kappa shape index (κ3) is 7.43. The Morgan fingerprint density at radius 3 is 2.38 bits per heavy atom. The number of aliphatic imine (C=N–C) groups is 1. The van der Waals surface area contributed by atoms with Crippen molar-refractivity contribution in [2.75, 3.05) is 33.2 Å². The van der Waals surface area contributed by atoms with E-state index in [0.717, 1.165) is 12.5 Å². The van der Waals surface area contributed by atoms with Gasteiger partial charge in [0.15, 0.2) is 5.96 Å². The van der Waals surface area contributed by atoms with E-state index in [9.17, 15) is 0 Å². The monoisotopic (exact) mass is 472 g/mol. The zero-order valence-corrected chi connectivity index (χ0v) is 19.2. The van der Waals surface area contributed by atoms with Crippen LogP contribution in [0.15, 0.2) is 35.3 Å². The van der Waals surface area contributed by atoms with E-state index < -0.39 is 0 Å². The van der Waals surface area contributed by atoms with E-state index in [0.29, 0.717) is 17.9 Å². The minimum Gasteiger partial charge on any atom is -0.356 e. The second-order valence-corrected chi connectivity index (χ2v) is 7.47. The molecule has 2 rings (SSSR count). The molecule has 148 valence electrons. The van der Waals surface area contributed by atoms with Gasteiger partial charge in [-0.3, -0.25) is 4.99 Å². The number of halogens is 1. The summed E-state index contributed by atoms with van der Waals surface area (Å²) in [5.41, 5.74) is 1.40. The highest BCUT2D eigenvalue weighted by atomic mass is 127. The fourth-order valence-electron chi connectivity index (χ4n) is 3.65. The molecule has 5 heteroatoms. The van der Waals surface area contributed by atoms with Crippen molar-refractivity contribution in [2.24, 2.45) is 10.9 Å². The molecule has 0 spiro atoms. The molecule has 1 fully saturated rings. The van der Waals surface area contributed by atoms with Gasteiger partial charge in [0.1, 0.15) is 0 Å². The SMILES string of the molecule is CCCN1CCC(NC(=NC)NCC(c2ccccc2)C(C)C)CC1.I. The van der Waals surface area contributed by atoms with Crippen LogP contribution in [0, 0.1) is 5.92 Å². The molecule has 1 aromatic carbocycles. The second kappa shape index (κ2) is 12.5. The Balaban J connectivity index is 0.00000338. The molecule has 0 saturated carbocycles. The lowest BCUT2D eigenvalue weighted by Gasteiger charge is -2.33. The van der Waals surface area contributed by atoms with Crippen LogP contribution in [0.3, 0.4) is 0 Å². The van der Waals surface area contributed by atoms with Crippen LogP contribution in [0.25, 0.3) is 0 Å². The Labute approximate surface area is 177 Å². The highest BCUT2D eigenvalue weighted by Gasteiger charge is 2.20. The summed E-state index contributed by atoms with van der Waals surface area (Å²) in [5, 5.41) is 7.18. The lowest BCUT2D eigenvalue weighted by molar-refractivity contribution is 0.206. The molecular weight excluding hydrogens is 435 g/mol. The van der Waals surface area contributed by atoms with Crippen LogP contribution in [0.4, 0.5) is 0 Å². The van der Waals surface area contributed by atoms with Crippen molar-refractivity contribution in [1.82, 2.24) is 15.5 Å². The lowest BCUT2D eigenvalue weighted by Crippen LogP contribution is -2.49. The maximum Gasteiger partial charge on any atom is 0.191 e. The van der Waals surface area contributed by atoms with Crippen molar-refractivity contribution >= 4 is 29.9 Å². The van der Waals surface area contributed by atoms with Gasteiger partial charge in [-0.25, -0.2) is 0 Å². The standard InChI is InChI=1S/C21H36N4.HI/c1-5-13-25-14-11-19(12-15-25)24-21(22-4)23-16-20(17(2)3)18-9-7-6-8-10-18;/h6-10,17,19-20H,5,11-16H2,1-4H3,(H2,22,23,24);1H. The molecule has 1 aromatic rings. The summed E-state index contributed by atoms with van der Waals surface area (Å²) in [7, 11) is 1.87. The number of nitrogens with zero attached hydrogens (tertiary/aromatic N) is 2. The molecule has 0 aromatic heterocycles. The third-order valence-corrected chi connectivity index (χ3v) is 5.21. The minimum atomic E-state index is 0. The quantitative estimate of drug-likeness (QED) is 0.357. The Bertz CT molecular complexity index is 510. The second-order valence-electron chi connectivity index (χ2n) is 7.47. The molecule has 1 aliphatic rings. The zero-order chi connectivity index (χ0) is 18.1. The van der Waals surface area contributed by atoms with Crippen molar-refractivity contribution < 1.29 is 0 Å². The summed E-state index contributed by atoms with van der Waals surface area (Å²) >= 11 is 0. The first-order chi connectivity index (χ1) is 12.1. The summed E-state index contributed by atoms with van der Waals surface area (Å²) in [6.45, 7) is 11.4. The molecule has 1 saturated heterocycles. The van der Waals surface area contributed by atoms with E-state index >= 15 is 0 Å². The number of piperidine rings is 1. The molecule has 1 atom stereocenters. The normalized spacial score (nSPS) is 17.7. The number of rotatable bonds is 7. The van der Waals surface area contributed by atoms with Gasteiger partial charge in [-0.1, -0.05) is 51.1 Å². The number of guanidine groups is 1. The maximum absolute atomic E-state index is 4.44. The van der Waals surface area contributed by atoms with E-state index in [-0.39, 0.29) is 24.0 Å². The average molecular weight is 472 g/mol. The Morgan fingerprint density at radius 2 is 1.85 bits per heavy atom. The summed E-state index contributed by atoms with van der Waals surface area (Å²) in [4.78, 5) is 7.01. The lowest BCUT2D eigenvalue weighted by atomic mass is 9.88. The van der Waals surface area contributed by atoms with Crippen LogP contribution < -0.4 is 10.6 Å². The largest absolute Gasteiger partial charge is 0.356 e. The Kier molecular flexibility index (Phi) is 11.2. The summed E-state index contributed by atoms with van der Waals surface area (Å²) < 4.78 is 0. The summed E-state index contributed by atoms with van der Waals surface area (Å²) in [5.74, 6) is 2.02. The van der Waals surface area contributed by atoms with Crippen LogP contribution in [0.2, 0.25) is 0 Å². The molecule has 4 nitrogen and oxygen atoms in total. The van der Waals surface area contributed by atoms with E-state index in [1.807, 2.05) is 7.05 Å². The Hall–Kier alpha value is -0.820. The molecule has 0 aliphatic carbocycles. The first kappa shape index (κ1) is 23.2. The number of hydrogen-bond donors (Lipinski definition) is 2. The predicted octanol–water partition coefficient (Wildman–Crippen LogP) is 4.08. The van der Waals surface area contributed by atoms with Gasteiger partial charge in [0.25, 0.3) is 0 Å². The van der Waals surface area contributed by atoms with Crippen molar-refractivity contribution in [3.05, 3.63) is 35.9 Å². The van der Waals surface area contributed by atoms with Crippen LogP contribution in [0.1, 0.15) is 51.5 Å². The van der Waals surface area contributed by atoms with E-state index in [2.05, 4.69) is 71.6 Å². The maximum atomic E-state index is 4.44. The summed E-state index contributed by atoms with van der Waals surface area (Å²) in [6.07, 6.45) is 3.65. The molecule has 2 N–H and O–H groups in total. The third-order valence-electron chi connectivity index (χ3n) is 5.21. The van der Waals surface area contributed by atoms with Crippen molar-refractivity contribution in [3.8, 4) is 0 Å². The molecule has 0 radical (unpaired) electrons. The first-order valence-electron chi connectivity index (χ1n) is 9.88. The number of benzene rings is 1. The van der Waals surface area contributed by atoms with Crippen LogP contribution in [-0.4, -0.2) is 50.1 Å². The van der Waals surface area contributed by atoms with Gasteiger partial charge in [0, 0.05) is 38.6 Å². The topological polar surface area (TPSA) is 39.7 Å². The first-order valence-corrected chi connectivity index (χ1v) is 9.88. The van der Waals surface area contributed by atoms with Gasteiger partial charge in [-0.15, -0.1) is 24.0 Å². The van der Waals surface area contributed by atoms with Gasteiger partial charge in [0.2, 0.25) is 0 Å². The number of nitrogens with one attached hydrogen (secondary N) is 2. The fourth-order valence-corrected chi connectivity index (χ4v) is 3.65. The van der Waals surface area contributed by atoms with E-state index in [1.54, 1.807) is 0 Å². The van der Waals surface area contributed by atoms with Gasteiger partial charge >= 0.3 is 0 Å². The van der Waals surface area contributed by atoms with Gasteiger partial charge in [-0.05, 0) is 37.3 Å². The van der Waals surface area contributed by atoms with Crippen molar-refractivity contribution in [2.45, 2.75) is 52.0 Å². The van der Waals surface area contributed by atoms with Crippen LogP contribution >= 0.6 is 24.0 Å². The summed E-state index contributed by atoms with van der Waals surface area (Å²) in [6, 6.07) is 11.3. The molecule has 1 heterocycles. The fraction of sp³-hybridized carbons (Fsp3) is 0.667. The highest BCUT2D eigenvalue weighted by Crippen LogP contribution is 2.23. The number of likely N-dealkylation sites (tertiary alicyclic amines) is 1. The Morgan fingerprint density at radius 1 is 1.19 bits per heavy atom. The van der Waals surface area contributed by atoms with Crippen LogP contribution in [0.5, 0.6) is 0 Å². The molecule has 26 heavy (non-hydrogen) atoms.